The van der Waals surface area contributed by atoms with E-state index in [9.17, 15) is 4.39 Å². The summed E-state index contributed by atoms with van der Waals surface area (Å²) in [6, 6.07) is 4.08. The van der Waals surface area contributed by atoms with E-state index in [1.807, 2.05) is 30.1 Å². The first-order valence-corrected chi connectivity index (χ1v) is 9.92. The van der Waals surface area contributed by atoms with Crippen LogP contribution in [0, 0.1) is 12.7 Å². The summed E-state index contributed by atoms with van der Waals surface area (Å²) in [7, 11) is 1.94. The second-order valence-corrected chi connectivity index (χ2v) is 8.13. The van der Waals surface area contributed by atoms with E-state index in [0.717, 1.165) is 35.2 Å². The van der Waals surface area contributed by atoms with Crippen molar-refractivity contribution >= 4 is 22.1 Å². The molecular weight excluding hydrogens is 351 g/mol. The van der Waals surface area contributed by atoms with Gasteiger partial charge in [-0.25, -0.2) is 14.4 Å². The summed E-state index contributed by atoms with van der Waals surface area (Å²) < 4.78 is 18.8. The minimum atomic E-state index is -0.222. The van der Waals surface area contributed by atoms with Crippen molar-refractivity contribution in [2.45, 2.75) is 52.5 Å². The molecule has 0 N–H and O–H groups in total. The molecule has 0 aliphatic heterocycles. The average molecular weight is 378 g/mol. The molecular formula is C23H27FN4. The van der Waals surface area contributed by atoms with Gasteiger partial charge in [0.2, 0.25) is 0 Å². The minimum absolute atomic E-state index is 0.0823. The SMILES string of the molecule is Cc1cn(CCC(C)c2c(F)cnc3c2ccn3C)c2nccc(C(C)C)c12. The molecule has 0 aromatic carbocycles. The summed E-state index contributed by atoms with van der Waals surface area (Å²) in [5.74, 6) is 0.315. The van der Waals surface area contributed by atoms with Crippen LogP contribution in [-0.4, -0.2) is 19.1 Å². The van der Waals surface area contributed by atoms with Crippen molar-refractivity contribution in [3.63, 3.8) is 0 Å². The molecule has 0 amide bonds. The Labute approximate surface area is 165 Å². The third kappa shape index (κ3) is 2.99. The fourth-order valence-electron chi connectivity index (χ4n) is 4.28. The Morgan fingerprint density at radius 2 is 1.89 bits per heavy atom. The molecule has 1 atom stereocenters. The smallest absolute Gasteiger partial charge is 0.145 e. The van der Waals surface area contributed by atoms with Gasteiger partial charge in [0.1, 0.15) is 17.1 Å². The molecule has 0 saturated carbocycles. The number of rotatable bonds is 5. The lowest BCUT2D eigenvalue weighted by molar-refractivity contribution is 0.544. The van der Waals surface area contributed by atoms with Gasteiger partial charge in [-0.05, 0) is 48.4 Å². The molecule has 0 saturated heterocycles. The largest absolute Gasteiger partial charge is 0.336 e. The van der Waals surface area contributed by atoms with Gasteiger partial charge in [0, 0.05) is 48.5 Å². The Morgan fingerprint density at radius 1 is 1.11 bits per heavy atom. The lowest BCUT2D eigenvalue weighted by Crippen LogP contribution is -2.06. The van der Waals surface area contributed by atoms with E-state index in [1.54, 1.807) is 0 Å². The van der Waals surface area contributed by atoms with Crippen molar-refractivity contribution < 1.29 is 4.39 Å². The molecule has 0 aliphatic rings. The minimum Gasteiger partial charge on any atom is -0.336 e. The van der Waals surface area contributed by atoms with Crippen molar-refractivity contribution in [3.05, 3.63) is 59.4 Å². The quantitative estimate of drug-likeness (QED) is 0.447. The normalized spacial score (nSPS) is 13.1. The van der Waals surface area contributed by atoms with Gasteiger partial charge in [0.05, 0.1) is 6.20 Å². The standard InChI is InChI=1S/C23H27FN4/c1-14(2)17-6-9-25-23-21(17)16(4)13-28(23)11-7-15(3)20-18-8-10-27(5)22(18)26-12-19(20)24/h6,8-10,12-15H,7,11H2,1-5H3. The van der Waals surface area contributed by atoms with Gasteiger partial charge in [-0.2, -0.15) is 0 Å². The summed E-state index contributed by atoms with van der Waals surface area (Å²) >= 11 is 0. The molecule has 0 fully saturated rings. The highest BCUT2D eigenvalue weighted by Crippen LogP contribution is 2.32. The maximum absolute atomic E-state index is 14.6. The highest BCUT2D eigenvalue weighted by atomic mass is 19.1. The highest BCUT2D eigenvalue weighted by Gasteiger charge is 2.19. The summed E-state index contributed by atoms with van der Waals surface area (Å²) in [4.78, 5) is 8.89. The van der Waals surface area contributed by atoms with Crippen molar-refractivity contribution in [2.75, 3.05) is 0 Å². The monoisotopic (exact) mass is 378 g/mol. The fraction of sp³-hybridized carbons (Fsp3) is 0.391. The van der Waals surface area contributed by atoms with Crippen molar-refractivity contribution in [3.8, 4) is 0 Å². The first-order chi connectivity index (χ1) is 13.4. The van der Waals surface area contributed by atoms with Crippen LogP contribution in [0.1, 0.15) is 55.7 Å². The number of hydrogen-bond donors (Lipinski definition) is 0. The third-order valence-electron chi connectivity index (χ3n) is 5.78. The molecule has 146 valence electrons. The molecule has 4 rings (SSSR count). The number of nitrogens with zero attached hydrogens (tertiary/aromatic N) is 4. The predicted octanol–water partition coefficient (Wildman–Crippen LogP) is 5.69. The maximum Gasteiger partial charge on any atom is 0.145 e. The van der Waals surface area contributed by atoms with Gasteiger partial charge in [0.15, 0.2) is 0 Å². The van der Waals surface area contributed by atoms with Crippen LogP contribution in [-0.2, 0) is 13.6 Å². The topological polar surface area (TPSA) is 35.6 Å². The highest BCUT2D eigenvalue weighted by molar-refractivity contribution is 5.84. The Kier molecular flexibility index (Phi) is 4.69. The van der Waals surface area contributed by atoms with E-state index in [0.29, 0.717) is 5.92 Å². The van der Waals surface area contributed by atoms with Gasteiger partial charge in [0.25, 0.3) is 0 Å². The molecule has 0 spiro atoms. The zero-order chi connectivity index (χ0) is 20.0. The lowest BCUT2D eigenvalue weighted by atomic mass is 9.95. The van der Waals surface area contributed by atoms with E-state index in [2.05, 4.69) is 54.5 Å². The zero-order valence-electron chi connectivity index (χ0n) is 17.2. The molecule has 28 heavy (non-hydrogen) atoms. The molecule has 0 radical (unpaired) electrons. The molecule has 0 aliphatic carbocycles. The second-order valence-electron chi connectivity index (χ2n) is 8.13. The predicted molar refractivity (Wildman–Crippen MR) is 112 cm³/mol. The Hall–Kier alpha value is -2.69. The van der Waals surface area contributed by atoms with E-state index in [4.69, 9.17) is 0 Å². The summed E-state index contributed by atoms with van der Waals surface area (Å²) in [5, 5.41) is 2.16. The van der Waals surface area contributed by atoms with Gasteiger partial charge in [-0.15, -0.1) is 0 Å². The van der Waals surface area contributed by atoms with Crippen LogP contribution in [0.3, 0.4) is 0 Å². The van der Waals surface area contributed by atoms with Crippen molar-refractivity contribution in [1.29, 1.82) is 0 Å². The molecule has 1 unspecified atom stereocenters. The van der Waals surface area contributed by atoms with Gasteiger partial charge in [-0.3, -0.25) is 0 Å². The van der Waals surface area contributed by atoms with Crippen LogP contribution in [0.25, 0.3) is 22.1 Å². The van der Waals surface area contributed by atoms with Crippen LogP contribution in [0.5, 0.6) is 0 Å². The Bertz CT molecular complexity index is 1150. The molecule has 4 nitrogen and oxygen atoms in total. The average Bonchev–Trinajstić information content (AvgIpc) is 3.20. The van der Waals surface area contributed by atoms with E-state index >= 15 is 0 Å². The van der Waals surface area contributed by atoms with E-state index in [-0.39, 0.29) is 11.7 Å². The molecule has 4 aromatic rings. The zero-order valence-corrected chi connectivity index (χ0v) is 17.2. The number of pyridine rings is 2. The van der Waals surface area contributed by atoms with Crippen molar-refractivity contribution in [1.82, 2.24) is 19.1 Å². The van der Waals surface area contributed by atoms with Crippen LogP contribution >= 0.6 is 0 Å². The fourth-order valence-corrected chi connectivity index (χ4v) is 4.28. The number of aromatic nitrogens is 4. The van der Waals surface area contributed by atoms with Crippen LogP contribution < -0.4 is 0 Å². The third-order valence-corrected chi connectivity index (χ3v) is 5.78. The van der Waals surface area contributed by atoms with Crippen LogP contribution in [0.4, 0.5) is 4.39 Å². The van der Waals surface area contributed by atoms with Gasteiger partial charge >= 0.3 is 0 Å². The lowest BCUT2D eigenvalue weighted by Gasteiger charge is -2.15. The first kappa shape index (κ1) is 18.7. The Morgan fingerprint density at radius 3 is 2.64 bits per heavy atom. The van der Waals surface area contributed by atoms with Gasteiger partial charge in [-0.1, -0.05) is 20.8 Å². The summed E-state index contributed by atoms with van der Waals surface area (Å²) in [6.45, 7) is 9.47. The molecule has 4 aromatic heterocycles. The maximum atomic E-state index is 14.6. The number of hydrogen-bond acceptors (Lipinski definition) is 2. The second kappa shape index (κ2) is 7.04. The van der Waals surface area contributed by atoms with Crippen LogP contribution in [0.2, 0.25) is 0 Å². The molecule has 4 heterocycles. The number of fused-ring (bicyclic) bond motifs is 2. The Balaban J connectivity index is 1.66. The number of halogens is 1. The number of aryl methyl sites for hydroxylation is 3. The molecule has 5 heteroatoms. The van der Waals surface area contributed by atoms with Crippen molar-refractivity contribution in [2.24, 2.45) is 7.05 Å². The van der Waals surface area contributed by atoms with E-state index < -0.39 is 0 Å². The molecule has 0 bridgehead atoms. The first-order valence-electron chi connectivity index (χ1n) is 9.92. The summed E-state index contributed by atoms with van der Waals surface area (Å²) in [6.07, 6.45) is 8.19. The van der Waals surface area contributed by atoms with Gasteiger partial charge < -0.3 is 9.13 Å². The summed E-state index contributed by atoms with van der Waals surface area (Å²) in [5.41, 5.74) is 5.19. The van der Waals surface area contributed by atoms with E-state index in [1.165, 1.54) is 22.7 Å². The van der Waals surface area contributed by atoms with Crippen LogP contribution in [0.15, 0.2) is 36.9 Å².